The number of hydrazine groups is 2. The van der Waals surface area contributed by atoms with Crippen LogP contribution in [0, 0.1) is 0 Å². The first kappa shape index (κ1) is 8.20. The SMILES string of the molecule is C=C(C)/C=C(/C)N(N)N. The Bertz CT molecular complexity index is 135. The molecule has 3 heteroatoms. The van der Waals surface area contributed by atoms with Crippen molar-refractivity contribution in [2.45, 2.75) is 13.8 Å². The quantitative estimate of drug-likeness (QED) is 0.323. The molecule has 0 aliphatic rings. The normalized spacial score (nSPS) is 11.3. The molecule has 0 saturated heterocycles. The molecule has 0 unspecified atom stereocenters. The third-order valence-electron chi connectivity index (χ3n) is 0.863. The summed E-state index contributed by atoms with van der Waals surface area (Å²) >= 11 is 0. The smallest absolute Gasteiger partial charge is 0.0442 e. The van der Waals surface area contributed by atoms with E-state index in [4.69, 9.17) is 11.7 Å². The fourth-order valence-electron chi connectivity index (χ4n) is 0.431. The number of allylic oxidation sites excluding steroid dienone is 3. The Morgan fingerprint density at radius 2 is 1.89 bits per heavy atom. The van der Waals surface area contributed by atoms with E-state index in [2.05, 4.69) is 6.58 Å². The second-order valence-electron chi connectivity index (χ2n) is 2.04. The van der Waals surface area contributed by atoms with Gasteiger partial charge >= 0.3 is 0 Å². The molecule has 9 heavy (non-hydrogen) atoms. The molecule has 0 aliphatic heterocycles. The Morgan fingerprint density at radius 3 is 2.00 bits per heavy atom. The molecule has 0 bridgehead atoms. The van der Waals surface area contributed by atoms with Crippen molar-refractivity contribution < 1.29 is 0 Å². The molecule has 0 radical (unpaired) electrons. The molecule has 0 rings (SSSR count). The van der Waals surface area contributed by atoms with Crippen LogP contribution in [0.4, 0.5) is 0 Å². The van der Waals surface area contributed by atoms with Crippen LogP contribution in [0.15, 0.2) is 23.9 Å². The Morgan fingerprint density at radius 1 is 1.44 bits per heavy atom. The molecule has 0 aromatic heterocycles. The van der Waals surface area contributed by atoms with Gasteiger partial charge in [0, 0.05) is 5.70 Å². The van der Waals surface area contributed by atoms with Crippen molar-refractivity contribution in [1.82, 2.24) is 5.12 Å². The van der Waals surface area contributed by atoms with Crippen LogP contribution in [0.1, 0.15) is 13.8 Å². The molecule has 0 fully saturated rings. The molecule has 0 aliphatic carbocycles. The maximum atomic E-state index is 5.19. The van der Waals surface area contributed by atoms with Crippen molar-refractivity contribution in [2.75, 3.05) is 0 Å². The average molecular weight is 127 g/mol. The van der Waals surface area contributed by atoms with E-state index < -0.39 is 0 Å². The van der Waals surface area contributed by atoms with Crippen LogP contribution >= 0.6 is 0 Å². The Kier molecular flexibility index (Phi) is 2.98. The van der Waals surface area contributed by atoms with E-state index in [1.807, 2.05) is 13.8 Å². The van der Waals surface area contributed by atoms with Crippen LogP contribution < -0.4 is 11.7 Å². The highest BCUT2D eigenvalue weighted by molar-refractivity contribution is 5.15. The van der Waals surface area contributed by atoms with Crippen LogP contribution in [0.25, 0.3) is 0 Å². The van der Waals surface area contributed by atoms with Gasteiger partial charge in [-0.15, -0.1) is 0 Å². The minimum Gasteiger partial charge on any atom is -0.251 e. The summed E-state index contributed by atoms with van der Waals surface area (Å²) in [6, 6.07) is 0. The highest BCUT2D eigenvalue weighted by atomic mass is 15.6. The van der Waals surface area contributed by atoms with Crippen LogP contribution in [-0.2, 0) is 0 Å². The molecular weight excluding hydrogens is 114 g/mol. The first-order valence-electron chi connectivity index (χ1n) is 2.67. The molecule has 52 valence electrons. The van der Waals surface area contributed by atoms with Crippen molar-refractivity contribution in [3.63, 3.8) is 0 Å². The molecule has 0 saturated carbocycles. The van der Waals surface area contributed by atoms with Crippen molar-refractivity contribution >= 4 is 0 Å². The molecule has 4 N–H and O–H groups in total. The molecule has 3 nitrogen and oxygen atoms in total. The van der Waals surface area contributed by atoms with E-state index in [0.29, 0.717) is 0 Å². The fraction of sp³-hybridized carbons (Fsp3) is 0.333. The number of hydrogen-bond acceptors (Lipinski definition) is 3. The van der Waals surface area contributed by atoms with Gasteiger partial charge in [-0.2, -0.15) is 0 Å². The standard InChI is InChI=1S/C6H13N3/c1-5(2)4-6(3)9(7)8/h4H,1,7-8H2,2-3H3/b6-4-. The van der Waals surface area contributed by atoms with Gasteiger partial charge in [-0.1, -0.05) is 12.2 Å². The van der Waals surface area contributed by atoms with Gasteiger partial charge in [-0.3, -0.25) is 5.12 Å². The minimum atomic E-state index is 0.794. The van der Waals surface area contributed by atoms with Gasteiger partial charge in [-0.05, 0) is 19.9 Å². The third-order valence-corrected chi connectivity index (χ3v) is 0.863. The maximum Gasteiger partial charge on any atom is 0.0442 e. The summed E-state index contributed by atoms with van der Waals surface area (Å²) < 4.78 is 0. The Balaban J connectivity index is 4.00. The number of nitrogens with zero attached hydrogens (tertiary/aromatic N) is 1. The second-order valence-corrected chi connectivity index (χ2v) is 2.04. The van der Waals surface area contributed by atoms with E-state index in [1.54, 1.807) is 6.08 Å². The molecule has 0 spiro atoms. The van der Waals surface area contributed by atoms with Gasteiger partial charge in [0.25, 0.3) is 0 Å². The lowest BCUT2D eigenvalue weighted by Crippen LogP contribution is -2.35. The van der Waals surface area contributed by atoms with Gasteiger partial charge in [-0.25, -0.2) is 11.7 Å². The van der Waals surface area contributed by atoms with Crippen LogP contribution in [0.2, 0.25) is 0 Å². The summed E-state index contributed by atoms with van der Waals surface area (Å²) in [4.78, 5) is 0. The first-order chi connectivity index (χ1) is 4.04. The van der Waals surface area contributed by atoms with Crippen LogP contribution in [-0.4, -0.2) is 5.12 Å². The van der Waals surface area contributed by atoms with E-state index in [0.717, 1.165) is 16.4 Å². The summed E-state index contributed by atoms with van der Waals surface area (Å²) in [7, 11) is 0. The van der Waals surface area contributed by atoms with E-state index >= 15 is 0 Å². The van der Waals surface area contributed by atoms with Gasteiger partial charge in [0.15, 0.2) is 0 Å². The van der Waals surface area contributed by atoms with Crippen molar-refractivity contribution in [3.05, 3.63) is 23.9 Å². The summed E-state index contributed by atoms with van der Waals surface area (Å²) in [5.41, 5.74) is 1.73. The number of rotatable bonds is 2. The molecule has 0 heterocycles. The minimum absolute atomic E-state index is 0.794. The van der Waals surface area contributed by atoms with Gasteiger partial charge < -0.3 is 0 Å². The van der Waals surface area contributed by atoms with E-state index in [9.17, 15) is 0 Å². The zero-order valence-electron chi connectivity index (χ0n) is 5.89. The average Bonchev–Trinajstić information content (AvgIpc) is 1.63. The van der Waals surface area contributed by atoms with Crippen molar-refractivity contribution in [1.29, 1.82) is 0 Å². The topological polar surface area (TPSA) is 55.3 Å². The molecule has 0 amide bonds. The summed E-state index contributed by atoms with van der Waals surface area (Å²) in [5, 5.41) is 1.06. The van der Waals surface area contributed by atoms with Gasteiger partial charge in [0.1, 0.15) is 0 Å². The summed E-state index contributed by atoms with van der Waals surface area (Å²) in [6.45, 7) is 7.36. The lowest BCUT2D eigenvalue weighted by Gasteiger charge is -2.10. The van der Waals surface area contributed by atoms with Gasteiger partial charge in [0.05, 0.1) is 0 Å². The summed E-state index contributed by atoms with van der Waals surface area (Å²) in [5.74, 6) is 10.4. The predicted molar refractivity (Wildman–Crippen MR) is 38.8 cm³/mol. The second kappa shape index (κ2) is 3.27. The van der Waals surface area contributed by atoms with Crippen molar-refractivity contribution in [3.8, 4) is 0 Å². The fourth-order valence-corrected chi connectivity index (χ4v) is 0.431. The van der Waals surface area contributed by atoms with E-state index in [-0.39, 0.29) is 0 Å². The van der Waals surface area contributed by atoms with Crippen LogP contribution in [0.3, 0.4) is 0 Å². The number of hydrogen-bond donors (Lipinski definition) is 2. The molecule has 0 atom stereocenters. The van der Waals surface area contributed by atoms with E-state index in [1.165, 1.54) is 0 Å². The monoisotopic (exact) mass is 127 g/mol. The summed E-state index contributed by atoms with van der Waals surface area (Å²) in [6.07, 6.45) is 1.81. The highest BCUT2D eigenvalue weighted by Crippen LogP contribution is 1.97. The maximum absolute atomic E-state index is 5.19. The van der Waals surface area contributed by atoms with Crippen LogP contribution in [0.5, 0.6) is 0 Å². The van der Waals surface area contributed by atoms with Gasteiger partial charge in [0.2, 0.25) is 0 Å². The highest BCUT2D eigenvalue weighted by Gasteiger charge is 1.89. The zero-order valence-corrected chi connectivity index (χ0v) is 5.89. The van der Waals surface area contributed by atoms with Crippen molar-refractivity contribution in [2.24, 2.45) is 11.7 Å². The zero-order chi connectivity index (χ0) is 7.44. The Labute approximate surface area is 55.6 Å². The largest absolute Gasteiger partial charge is 0.251 e. The first-order valence-corrected chi connectivity index (χ1v) is 2.67. The molecular formula is C6H13N3. The lowest BCUT2D eigenvalue weighted by atomic mass is 10.3. The molecule has 0 aromatic rings. The lowest BCUT2D eigenvalue weighted by molar-refractivity contribution is 0.377. The predicted octanol–water partition coefficient (Wildman–Crippen LogP) is 0.516. The third kappa shape index (κ3) is 3.76. The Hall–Kier alpha value is -0.800. The molecule has 0 aromatic carbocycles. The number of nitrogens with two attached hydrogens (primary N) is 2.